The normalized spacial score (nSPS) is 27.4. The zero-order valence-electron chi connectivity index (χ0n) is 12.8. The van der Waals surface area contributed by atoms with Crippen molar-refractivity contribution in [1.82, 2.24) is 4.90 Å². The van der Waals surface area contributed by atoms with E-state index in [1.54, 1.807) is 0 Å². The Morgan fingerprint density at radius 1 is 1.19 bits per heavy atom. The summed E-state index contributed by atoms with van der Waals surface area (Å²) in [5.74, 6) is 0.807. The van der Waals surface area contributed by atoms with E-state index in [4.69, 9.17) is 5.11 Å². The second kappa shape index (κ2) is 6.18. The van der Waals surface area contributed by atoms with Crippen LogP contribution in [0.25, 0.3) is 0 Å². The Bertz CT molecular complexity index is 481. The molecule has 2 aliphatic rings. The van der Waals surface area contributed by atoms with Crippen molar-refractivity contribution < 1.29 is 9.90 Å². The van der Waals surface area contributed by atoms with Gasteiger partial charge in [0.15, 0.2) is 0 Å². The van der Waals surface area contributed by atoms with Gasteiger partial charge in [-0.15, -0.1) is 0 Å². The van der Waals surface area contributed by atoms with E-state index in [0.29, 0.717) is 6.04 Å². The van der Waals surface area contributed by atoms with Gasteiger partial charge in [-0.2, -0.15) is 0 Å². The van der Waals surface area contributed by atoms with E-state index >= 15 is 0 Å². The summed E-state index contributed by atoms with van der Waals surface area (Å²) in [5, 5.41) is 8.80. The molecule has 2 atom stereocenters. The molecule has 0 aliphatic heterocycles. The Labute approximate surface area is 127 Å². The molecule has 1 N–H and O–H groups in total. The lowest BCUT2D eigenvalue weighted by atomic mass is 9.94. The molecule has 0 saturated heterocycles. The first-order valence-electron chi connectivity index (χ1n) is 8.14. The highest BCUT2D eigenvalue weighted by Gasteiger charge is 2.40. The molecule has 1 saturated carbocycles. The number of rotatable bonds is 5. The molecule has 3 rings (SSSR count). The first kappa shape index (κ1) is 14.6. The Morgan fingerprint density at radius 3 is 2.29 bits per heavy atom. The second-order valence-electron chi connectivity index (χ2n) is 6.74. The molecule has 3 heteroatoms. The smallest absolute Gasteiger partial charge is 0.303 e. The lowest BCUT2D eigenvalue weighted by Crippen LogP contribution is -2.40. The van der Waals surface area contributed by atoms with Crippen molar-refractivity contribution in [2.24, 2.45) is 11.8 Å². The van der Waals surface area contributed by atoms with E-state index in [-0.39, 0.29) is 6.42 Å². The number of carbonyl (C=O) groups is 1. The summed E-state index contributed by atoms with van der Waals surface area (Å²) in [4.78, 5) is 13.1. The molecule has 0 amide bonds. The summed E-state index contributed by atoms with van der Waals surface area (Å²) in [7, 11) is 2.19. The van der Waals surface area contributed by atoms with Crippen LogP contribution in [0.5, 0.6) is 0 Å². The van der Waals surface area contributed by atoms with Gasteiger partial charge in [-0.1, -0.05) is 24.3 Å². The van der Waals surface area contributed by atoms with E-state index < -0.39 is 5.97 Å². The van der Waals surface area contributed by atoms with Gasteiger partial charge in [-0.3, -0.25) is 4.79 Å². The summed E-state index contributed by atoms with van der Waals surface area (Å²) in [6.45, 7) is 0.903. The zero-order chi connectivity index (χ0) is 14.8. The van der Waals surface area contributed by atoms with Gasteiger partial charge in [0.2, 0.25) is 0 Å². The summed E-state index contributed by atoms with van der Waals surface area (Å²) in [6.07, 6.45) is 6.09. The van der Waals surface area contributed by atoms with Crippen LogP contribution in [0.1, 0.15) is 36.8 Å². The minimum atomic E-state index is -0.681. The number of carboxylic acids is 1. The fraction of sp³-hybridized carbons (Fsp3) is 0.611. The molecule has 0 heterocycles. The molecule has 2 unspecified atom stereocenters. The molecule has 1 fully saturated rings. The van der Waals surface area contributed by atoms with E-state index in [0.717, 1.165) is 24.8 Å². The largest absolute Gasteiger partial charge is 0.481 e. The van der Waals surface area contributed by atoms with E-state index in [2.05, 4.69) is 36.2 Å². The number of carboxylic acid groups (broad SMARTS) is 1. The summed E-state index contributed by atoms with van der Waals surface area (Å²) < 4.78 is 0. The molecule has 0 radical (unpaired) electrons. The van der Waals surface area contributed by atoms with Gasteiger partial charge in [-0.25, -0.2) is 0 Å². The maximum Gasteiger partial charge on any atom is 0.303 e. The third-order valence-corrected chi connectivity index (χ3v) is 5.37. The first-order valence-corrected chi connectivity index (χ1v) is 8.14. The fourth-order valence-electron chi connectivity index (χ4n) is 4.47. The van der Waals surface area contributed by atoms with Crippen LogP contribution in [0.4, 0.5) is 0 Å². The highest BCUT2D eigenvalue weighted by molar-refractivity contribution is 5.66. The first-order chi connectivity index (χ1) is 10.1. The van der Waals surface area contributed by atoms with Crippen LogP contribution in [-0.2, 0) is 17.6 Å². The Hall–Kier alpha value is -1.35. The Kier molecular flexibility index (Phi) is 4.29. The van der Waals surface area contributed by atoms with E-state index in [1.165, 1.54) is 36.8 Å². The molecular formula is C18H25NO2. The zero-order valence-corrected chi connectivity index (χ0v) is 12.8. The van der Waals surface area contributed by atoms with Crippen molar-refractivity contribution >= 4 is 5.97 Å². The lowest BCUT2D eigenvalue weighted by Gasteiger charge is -2.32. The number of fused-ring (bicyclic) bond motifs is 3. The van der Waals surface area contributed by atoms with Crippen molar-refractivity contribution in [2.45, 2.75) is 44.6 Å². The number of hydrogen-bond donors (Lipinski definition) is 1. The van der Waals surface area contributed by atoms with Crippen molar-refractivity contribution in [3.63, 3.8) is 0 Å². The molecule has 21 heavy (non-hydrogen) atoms. The van der Waals surface area contributed by atoms with Gasteiger partial charge < -0.3 is 10.0 Å². The van der Waals surface area contributed by atoms with Crippen molar-refractivity contribution in [2.75, 3.05) is 13.6 Å². The molecule has 0 aromatic heterocycles. The van der Waals surface area contributed by atoms with Gasteiger partial charge in [0, 0.05) is 12.5 Å². The van der Waals surface area contributed by atoms with Crippen LogP contribution in [0.15, 0.2) is 24.3 Å². The van der Waals surface area contributed by atoms with Gasteiger partial charge >= 0.3 is 5.97 Å². The summed E-state index contributed by atoms with van der Waals surface area (Å²) >= 11 is 0. The Balaban J connectivity index is 1.69. The third kappa shape index (κ3) is 3.13. The molecule has 1 aromatic carbocycles. The van der Waals surface area contributed by atoms with Gasteiger partial charge in [0.05, 0.1) is 0 Å². The number of nitrogens with zero attached hydrogens (tertiary/aromatic N) is 1. The number of benzene rings is 1. The van der Waals surface area contributed by atoms with Crippen molar-refractivity contribution in [1.29, 1.82) is 0 Å². The van der Waals surface area contributed by atoms with Crippen molar-refractivity contribution in [3.05, 3.63) is 35.4 Å². The Morgan fingerprint density at radius 2 is 1.76 bits per heavy atom. The topological polar surface area (TPSA) is 40.5 Å². The summed E-state index contributed by atoms with van der Waals surface area (Å²) in [6, 6.07) is 9.52. The predicted molar refractivity (Wildman–Crippen MR) is 83.4 cm³/mol. The minimum Gasteiger partial charge on any atom is -0.481 e. The predicted octanol–water partition coefficient (Wildman–Crippen LogP) is 2.98. The molecular weight excluding hydrogens is 262 g/mol. The molecule has 114 valence electrons. The number of aliphatic carboxylic acids is 1. The molecule has 0 spiro atoms. The second-order valence-corrected chi connectivity index (χ2v) is 6.74. The molecule has 3 nitrogen and oxygen atoms in total. The van der Waals surface area contributed by atoms with E-state index in [9.17, 15) is 4.79 Å². The van der Waals surface area contributed by atoms with Crippen molar-refractivity contribution in [3.8, 4) is 0 Å². The summed E-state index contributed by atoms with van der Waals surface area (Å²) in [5.41, 5.74) is 3.07. The van der Waals surface area contributed by atoms with Crippen LogP contribution in [0.2, 0.25) is 0 Å². The quantitative estimate of drug-likeness (QED) is 0.905. The molecule has 2 bridgehead atoms. The van der Waals surface area contributed by atoms with Gasteiger partial charge in [0.25, 0.3) is 0 Å². The van der Waals surface area contributed by atoms with Crippen LogP contribution in [0, 0.1) is 11.8 Å². The lowest BCUT2D eigenvalue weighted by molar-refractivity contribution is -0.137. The van der Waals surface area contributed by atoms with Crippen LogP contribution >= 0.6 is 0 Å². The molecule has 1 aromatic rings. The fourth-order valence-corrected chi connectivity index (χ4v) is 4.47. The SMILES string of the molecule is CN(CCCC(=O)O)C1C2CCC1Cc1ccccc1C2. The maximum atomic E-state index is 10.7. The number of hydrogen-bond acceptors (Lipinski definition) is 2. The third-order valence-electron chi connectivity index (χ3n) is 5.37. The monoisotopic (exact) mass is 287 g/mol. The highest BCUT2D eigenvalue weighted by Crippen LogP contribution is 2.42. The average Bonchev–Trinajstić information content (AvgIpc) is 2.73. The van der Waals surface area contributed by atoms with Crippen LogP contribution < -0.4 is 0 Å². The van der Waals surface area contributed by atoms with E-state index in [1.807, 2.05) is 0 Å². The highest BCUT2D eigenvalue weighted by atomic mass is 16.4. The van der Waals surface area contributed by atoms with Gasteiger partial charge in [-0.05, 0) is 68.7 Å². The minimum absolute atomic E-state index is 0.284. The van der Waals surface area contributed by atoms with Crippen LogP contribution in [-0.4, -0.2) is 35.6 Å². The molecule has 2 aliphatic carbocycles. The standard InChI is InChI=1S/C18H25NO2/c1-19(10-4-7-17(20)21)18-15-8-9-16(18)12-14-6-3-2-5-13(14)11-15/h2-3,5-6,15-16,18H,4,7-12H2,1H3,(H,20,21). The van der Waals surface area contributed by atoms with Crippen LogP contribution in [0.3, 0.4) is 0 Å². The van der Waals surface area contributed by atoms with Gasteiger partial charge in [0.1, 0.15) is 0 Å². The maximum absolute atomic E-state index is 10.7. The average molecular weight is 287 g/mol.